The molecule has 2 aliphatic heterocycles. The lowest BCUT2D eigenvalue weighted by molar-refractivity contribution is -0.322. The minimum atomic E-state index is -2.66. The van der Waals surface area contributed by atoms with Crippen LogP contribution in [0.15, 0.2) is 0 Å². The zero-order valence-electron chi connectivity index (χ0n) is 23.2. The van der Waals surface area contributed by atoms with Gasteiger partial charge in [-0.1, -0.05) is 0 Å². The summed E-state index contributed by atoms with van der Waals surface area (Å²) in [6.07, 6.45) is -13.2. The third-order valence-corrected chi connectivity index (χ3v) is 6.93. The molecule has 0 spiro atoms. The molecule has 2 aliphatic rings. The maximum Gasteiger partial charge on any atom is 0.364 e. The van der Waals surface area contributed by atoms with Gasteiger partial charge in [0.1, 0.15) is 36.6 Å². The SMILES string of the molecule is CNCCOCCC1OC(COC2(C(=O)O)CC(O)C(NC(C)=O)C(C(O)C(O)CO)O2)C(O)C(O)C1NC(C)=O. The normalized spacial score (nSPS) is 35.3. The van der Waals surface area contributed by atoms with Gasteiger partial charge in [-0.05, 0) is 13.5 Å². The summed E-state index contributed by atoms with van der Waals surface area (Å²) in [4.78, 5) is 35.8. The number of carbonyl (C=O) groups excluding carboxylic acids is 2. The Morgan fingerprint density at radius 2 is 1.63 bits per heavy atom. The average Bonchev–Trinajstić information content (AvgIpc) is 2.91. The van der Waals surface area contributed by atoms with E-state index in [0.717, 1.165) is 6.92 Å². The van der Waals surface area contributed by atoms with Crippen LogP contribution >= 0.6 is 0 Å². The second-order valence-corrected chi connectivity index (χ2v) is 10.1. The second-order valence-electron chi connectivity index (χ2n) is 10.1. The Morgan fingerprint density at radius 3 is 2.20 bits per heavy atom. The average molecular weight is 598 g/mol. The molecule has 2 amide bonds. The summed E-state index contributed by atoms with van der Waals surface area (Å²) >= 11 is 0. The van der Waals surface area contributed by atoms with Gasteiger partial charge in [0, 0.05) is 33.4 Å². The van der Waals surface area contributed by atoms with Crippen LogP contribution in [0.2, 0.25) is 0 Å². The minimum Gasteiger partial charge on any atom is -0.477 e. The van der Waals surface area contributed by atoms with Crippen molar-refractivity contribution in [1.82, 2.24) is 16.0 Å². The molecule has 10 N–H and O–H groups in total. The van der Waals surface area contributed by atoms with Crippen LogP contribution in [0.5, 0.6) is 0 Å². The summed E-state index contributed by atoms with van der Waals surface area (Å²) in [5, 5.41) is 79.9. The van der Waals surface area contributed by atoms with E-state index in [1.54, 1.807) is 7.05 Å². The number of ether oxygens (including phenoxy) is 4. The molecule has 2 fully saturated rings. The Kier molecular flexibility index (Phi) is 13.7. The number of hydrogen-bond acceptors (Lipinski definition) is 14. The number of rotatable bonds is 15. The van der Waals surface area contributed by atoms with Crippen molar-refractivity contribution in [1.29, 1.82) is 0 Å². The number of nitrogens with one attached hydrogen (secondary N) is 3. The van der Waals surface area contributed by atoms with Gasteiger partial charge in [0.05, 0.1) is 44.1 Å². The van der Waals surface area contributed by atoms with Gasteiger partial charge in [0.15, 0.2) is 0 Å². The summed E-state index contributed by atoms with van der Waals surface area (Å²) < 4.78 is 22.5. The van der Waals surface area contributed by atoms with Crippen molar-refractivity contribution in [2.45, 2.75) is 93.4 Å². The number of aliphatic hydroxyl groups excluding tert-OH is 6. The van der Waals surface area contributed by atoms with E-state index in [-0.39, 0.29) is 13.0 Å². The summed E-state index contributed by atoms with van der Waals surface area (Å²) in [6.45, 7) is 1.82. The number of likely N-dealkylation sites (N-methyl/N-ethyl adjacent to an activating group) is 1. The van der Waals surface area contributed by atoms with Crippen LogP contribution in [0, 0.1) is 0 Å². The summed E-state index contributed by atoms with van der Waals surface area (Å²) in [6, 6.07) is -2.41. The van der Waals surface area contributed by atoms with Crippen molar-refractivity contribution in [3.63, 3.8) is 0 Å². The molecule has 0 bridgehead atoms. The van der Waals surface area contributed by atoms with Crippen LogP contribution in [-0.2, 0) is 33.3 Å². The maximum atomic E-state index is 12.4. The van der Waals surface area contributed by atoms with Crippen LogP contribution in [-0.4, -0.2) is 160 Å². The van der Waals surface area contributed by atoms with Gasteiger partial charge >= 0.3 is 5.97 Å². The Labute approximate surface area is 236 Å². The zero-order valence-corrected chi connectivity index (χ0v) is 23.2. The fraction of sp³-hybridized carbons (Fsp3) is 0.875. The van der Waals surface area contributed by atoms with E-state index in [9.17, 15) is 50.1 Å². The Bertz CT molecular complexity index is 867. The summed E-state index contributed by atoms with van der Waals surface area (Å²) in [7, 11) is 1.75. The predicted molar refractivity (Wildman–Crippen MR) is 136 cm³/mol. The van der Waals surface area contributed by atoms with Gasteiger partial charge in [-0.15, -0.1) is 0 Å². The molecule has 17 heteroatoms. The third-order valence-electron chi connectivity index (χ3n) is 6.93. The van der Waals surface area contributed by atoms with E-state index in [1.165, 1.54) is 6.92 Å². The summed E-state index contributed by atoms with van der Waals surface area (Å²) in [5.41, 5.74) is 0. The standard InChI is InChI=1S/C24H43N3O14/c1-11(29)26-17-13(31)8-24(23(36)37,41-22(17)19(33)14(32)9-28)39-10-16-20(34)21(35)18(27-12(2)30)15(40-16)4-6-38-7-5-25-3/h13-22,25,28,31-35H,4-10H2,1-3H3,(H,26,29)(H,27,30)(H,36,37). The van der Waals surface area contributed by atoms with Gasteiger partial charge in [-0.2, -0.15) is 0 Å². The predicted octanol–water partition coefficient (Wildman–Crippen LogP) is -5.23. The first-order chi connectivity index (χ1) is 19.3. The molecular formula is C24H43N3O14. The molecule has 2 rings (SSSR count). The van der Waals surface area contributed by atoms with Crippen LogP contribution in [0.3, 0.4) is 0 Å². The highest BCUT2D eigenvalue weighted by atomic mass is 16.7. The smallest absolute Gasteiger partial charge is 0.364 e. The Balaban J connectivity index is 2.26. The zero-order chi connectivity index (χ0) is 30.9. The van der Waals surface area contributed by atoms with E-state index in [1.807, 2.05) is 0 Å². The first kappa shape index (κ1) is 35.2. The lowest BCUT2D eigenvalue weighted by atomic mass is 9.88. The monoisotopic (exact) mass is 597 g/mol. The van der Waals surface area contributed by atoms with Gasteiger partial charge in [0.2, 0.25) is 11.8 Å². The van der Waals surface area contributed by atoms with Gasteiger partial charge < -0.3 is 70.6 Å². The molecule has 0 saturated carbocycles. The van der Waals surface area contributed by atoms with Gasteiger partial charge in [0.25, 0.3) is 5.79 Å². The van der Waals surface area contributed by atoms with Gasteiger partial charge in [-0.3, -0.25) is 9.59 Å². The number of aliphatic hydroxyl groups is 6. The summed E-state index contributed by atoms with van der Waals surface area (Å²) in [5.74, 6) is -5.55. The molecule has 238 valence electrons. The first-order valence-electron chi connectivity index (χ1n) is 13.3. The van der Waals surface area contributed by atoms with Gasteiger partial charge in [-0.25, -0.2) is 4.79 Å². The molecule has 0 aromatic rings. The molecule has 0 aromatic heterocycles. The van der Waals surface area contributed by atoms with E-state index in [0.29, 0.717) is 13.2 Å². The maximum absolute atomic E-state index is 12.4. The highest BCUT2D eigenvalue weighted by Crippen LogP contribution is 2.35. The van der Waals surface area contributed by atoms with Crippen molar-refractivity contribution in [2.24, 2.45) is 0 Å². The van der Waals surface area contributed by atoms with E-state index >= 15 is 0 Å². The highest BCUT2D eigenvalue weighted by molar-refractivity contribution is 5.76. The minimum absolute atomic E-state index is 0.171. The van der Waals surface area contributed by atoms with Crippen molar-refractivity contribution in [2.75, 3.05) is 40.0 Å². The van der Waals surface area contributed by atoms with Crippen LogP contribution in [0.1, 0.15) is 26.7 Å². The topological polar surface area (TPSA) is 266 Å². The van der Waals surface area contributed by atoms with Crippen LogP contribution < -0.4 is 16.0 Å². The fourth-order valence-electron chi connectivity index (χ4n) is 4.81. The Hall–Kier alpha value is -2.03. The lowest BCUT2D eigenvalue weighted by Gasteiger charge is -2.48. The van der Waals surface area contributed by atoms with Crippen molar-refractivity contribution >= 4 is 17.8 Å². The molecule has 0 aliphatic carbocycles. The first-order valence-corrected chi connectivity index (χ1v) is 13.3. The number of aliphatic carboxylic acids is 1. The van der Waals surface area contributed by atoms with E-state index in [4.69, 9.17) is 18.9 Å². The molecule has 41 heavy (non-hydrogen) atoms. The fourth-order valence-corrected chi connectivity index (χ4v) is 4.81. The largest absolute Gasteiger partial charge is 0.477 e. The van der Waals surface area contributed by atoms with E-state index in [2.05, 4.69) is 16.0 Å². The highest BCUT2D eigenvalue weighted by Gasteiger charge is 2.56. The molecule has 11 atom stereocenters. The van der Waals surface area contributed by atoms with Crippen LogP contribution in [0.4, 0.5) is 0 Å². The lowest BCUT2D eigenvalue weighted by Crippen LogP contribution is -2.68. The Morgan fingerprint density at radius 1 is 1.00 bits per heavy atom. The van der Waals surface area contributed by atoms with E-state index < -0.39 is 104 Å². The van der Waals surface area contributed by atoms with Crippen molar-refractivity contribution in [3.8, 4) is 0 Å². The molecular weight excluding hydrogens is 554 g/mol. The molecule has 17 nitrogen and oxygen atoms in total. The molecule has 2 saturated heterocycles. The molecule has 11 unspecified atom stereocenters. The van der Waals surface area contributed by atoms with Crippen molar-refractivity contribution in [3.05, 3.63) is 0 Å². The van der Waals surface area contributed by atoms with Crippen molar-refractivity contribution < 1.29 is 69.1 Å². The number of carbonyl (C=O) groups is 3. The second kappa shape index (κ2) is 16.0. The van der Waals surface area contributed by atoms with Crippen LogP contribution in [0.25, 0.3) is 0 Å². The number of carboxylic acids is 1. The molecule has 0 radical (unpaired) electrons. The number of hydrogen-bond donors (Lipinski definition) is 10. The number of carboxylic acid groups (broad SMARTS) is 1. The molecule has 2 heterocycles. The quantitative estimate of drug-likeness (QED) is 0.0791. The molecule has 0 aromatic carbocycles. The number of amides is 2. The third kappa shape index (κ3) is 9.23.